The Bertz CT molecular complexity index is 690. The van der Waals surface area contributed by atoms with E-state index in [0.717, 1.165) is 13.2 Å². The van der Waals surface area contributed by atoms with Gasteiger partial charge in [0.15, 0.2) is 11.6 Å². The molecule has 0 aliphatic carbocycles. The van der Waals surface area contributed by atoms with E-state index in [-0.39, 0.29) is 18.4 Å². The van der Waals surface area contributed by atoms with Crippen LogP contribution in [0.15, 0.2) is 18.2 Å². The molecule has 27 heavy (non-hydrogen) atoms. The maximum atomic E-state index is 14.0. The molecule has 0 aliphatic rings. The maximum absolute atomic E-state index is 14.0. The van der Waals surface area contributed by atoms with E-state index in [4.69, 9.17) is 9.84 Å². The number of alkyl halides is 5. The molecule has 0 radical (unpaired) electrons. The van der Waals surface area contributed by atoms with Crippen LogP contribution in [-0.2, 0) is 10.2 Å². The third-order valence-corrected chi connectivity index (χ3v) is 4.50. The number of halogens is 6. The summed E-state index contributed by atoms with van der Waals surface area (Å²) in [5, 5.41) is 19.1. The van der Waals surface area contributed by atoms with Gasteiger partial charge in [0.1, 0.15) is 0 Å². The molecular formula is C17H20F6O4. The number of carbonyl (C=O) groups is 1. The zero-order valence-electron chi connectivity index (χ0n) is 14.8. The van der Waals surface area contributed by atoms with Gasteiger partial charge in [0.25, 0.3) is 0 Å². The first kappa shape index (κ1) is 23.1. The fourth-order valence-electron chi connectivity index (χ4n) is 3.18. The van der Waals surface area contributed by atoms with Crippen molar-refractivity contribution in [2.75, 3.05) is 7.11 Å². The van der Waals surface area contributed by atoms with Crippen LogP contribution in [0.4, 0.5) is 26.3 Å². The van der Waals surface area contributed by atoms with Crippen LogP contribution in [0.25, 0.3) is 0 Å². The van der Waals surface area contributed by atoms with Crippen molar-refractivity contribution in [1.29, 1.82) is 0 Å². The second-order valence-electron chi connectivity index (χ2n) is 6.55. The summed E-state index contributed by atoms with van der Waals surface area (Å²) in [4.78, 5) is 11.3. The van der Waals surface area contributed by atoms with E-state index in [9.17, 15) is 36.2 Å². The predicted molar refractivity (Wildman–Crippen MR) is 83.4 cm³/mol. The van der Waals surface area contributed by atoms with Crippen LogP contribution in [0.3, 0.4) is 0 Å². The lowest BCUT2D eigenvalue weighted by atomic mass is 9.69. The number of hydrogen-bond donors (Lipinski definition) is 2. The number of rotatable bonds is 8. The Balaban J connectivity index is 3.64. The topological polar surface area (TPSA) is 66.8 Å². The average Bonchev–Trinajstić information content (AvgIpc) is 2.53. The number of methoxy groups -OCH3 is 1. The summed E-state index contributed by atoms with van der Waals surface area (Å²) in [6.45, 7) is 2.75. The Labute approximate surface area is 151 Å². The summed E-state index contributed by atoms with van der Waals surface area (Å²) >= 11 is 0. The number of hydrogen-bond acceptors (Lipinski definition) is 3. The smallest absolute Gasteiger partial charge is 0.457 e. The van der Waals surface area contributed by atoms with Crippen LogP contribution in [0.1, 0.15) is 38.7 Å². The number of para-hydroxylation sites is 1. The van der Waals surface area contributed by atoms with Gasteiger partial charge < -0.3 is 14.9 Å². The van der Waals surface area contributed by atoms with Gasteiger partial charge in [-0.1, -0.05) is 32.4 Å². The predicted octanol–water partition coefficient (Wildman–Crippen LogP) is 4.30. The van der Waals surface area contributed by atoms with Crippen molar-refractivity contribution < 1.29 is 46.1 Å². The van der Waals surface area contributed by atoms with E-state index in [1.165, 1.54) is 19.1 Å². The Morgan fingerprint density at radius 1 is 1.19 bits per heavy atom. The van der Waals surface area contributed by atoms with E-state index >= 15 is 0 Å². The molecule has 0 saturated carbocycles. The zero-order valence-corrected chi connectivity index (χ0v) is 14.8. The molecule has 1 aromatic carbocycles. The lowest BCUT2D eigenvalue weighted by Crippen LogP contribution is -2.63. The van der Waals surface area contributed by atoms with Crippen LogP contribution >= 0.6 is 0 Å². The van der Waals surface area contributed by atoms with Gasteiger partial charge in [-0.15, -0.1) is 0 Å². The summed E-state index contributed by atoms with van der Waals surface area (Å²) in [6.07, 6.45) is -7.71. The maximum Gasteiger partial charge on any atom is 0.457 e. The van der Waals surface area contributed by atoms with Crippen molar-refractivity contribution in [3.63, 3.8) is 0 Å². The Hall–Kier alpha value is -1.97. The largest absolute Gasteiger partial charge is 0.493 e. The Kier molecular flexibility index (Phi) is 6.47. The fraction of sp³-hybridized carbons (Fsp3) is 0.588. The van der Waals surface area contributed by atoms with Crippen molar-refractivity contribution in [2.24, 2.45) is 0 Å². The highest BCUT2D eigenvalue weighted by Gasteiger charge is 2.74. The molecule has 1 rings (SSSR count). The summed E-state index contributed by atoms with van der Waals surface area (Å²) < 4.78 is 85.1. The number of carboxylic acid groups (broad SMARTS) is 1. The average molecular weight is 402 g/mol. The molecule has 0 fully saturated rings. The molecule has 0 bridgehead atoms. The monoisotopic (exact) mass is 402 g/mol. The van der Waals surface area contributed by atoms with Crippen LogP contribution in [0.2, 0.25) is 0 Å². The van der Waals surface area contributed by atoms with Crippen LogP contribution < -0.4 is 4.74 Å². The number of carboxylic acids is 1. The lowest BCUT2D eigenvalue weighted by Gasteiger charge is -2.41. The molecular weight excluding hydrogens is 382 g/mol. The Morgan fingerprint density at radius 3 is 2.15 bits per heavy atom. The first-order valence-electron chi connectivity index (χ1n) is 7.91. The van der Waals surface area contributed by atoms with Crippen molar-refractivity contribution >= 4 is 5.97 Å². The molecule has 0 amide bonds. The first-order valence-corrected chi connectivity index (χ1v) is 7.91. The second kappa shape index (κ2) is 7.57. The van der Waals surface area contributed by atoms with Gasteiger partial charge in [0, 0.05) is 12.0 Å². The van der Waals surface area contributed by atoms with Crippen molar-refractivity contribution in [3.8, 4) is 5.75 Å². The van der Waals surface area contributed by atoms with Gasteiger partial charge in [-0.25, -0.2) is 9.18 Å². The third kappa shape index (κ3) is 3.99. The van der Waals surface area contributed by atoms with E-state index in [1.807, 2.05) is 0 Å². The SMILES string of the molecule is CCCC(C)(CC(O)(C(=O)O)C(F)(F)C(F)(F)F)c1cccc(F)c1OC. The molecule has 154 valence electrons. The lowest BCUT2D eigenvalue weighted by molar-refractivity contribution is -0.339. The highest BCUT2D eigenvalue weighted by atomic mass is 19.4. The van der Waals surface area contributed by atoms with Crippen LogP contribution in [0.5, 0.6) is 5.75 Å². The quantitative estimate of drug-likeness (QED) is 0.637. The molecule has 0 saturated heterocycles. The second-order valence-corrected chi connectivity index (χ2v) is 6.55. The molecule has 10 heteroatoms. The zero-order chi connectivity index (χ0) is 21.3. The summed E-state index contributed by atoms with van der Waals surface area (Å²) in [6, 6.07) is 3.40. The molecule has 0 heterocycles. The standard InChI is InChI=1S/C17H20F6O4/c1-4-8-14(2,10-6-5-7-11(18)12(10)27-3)9-15(26,13(24)25)16(19,20)17(21,22)23/h5-7,26H,4,8-9H2,1-3H3,(H,24,25). The van der Waals surface area contributed by atoms with Gasteiger partial charge in [-0.2, -0.15) is 22.0 Å². The molecule has 4 nitrogen and oxygen atoms in total. The van der Waals surface area contributed by atoms with Crippen molar-refractivity contribution in [3.05, 3.63) is 29.6 Å². The molecule has 0 aromatic heterocycles. The molecule has 1 aromatic rings. The van der Waals surface area contributed by atoms with E-state index in [0.29, 0.717) is 0 Å². The molecule has 0 aliphatic heterocycles. The van der Waals surface area contributed by atoms with E-state index in [1.54, 1.807) is 6.92 Å². The minimum Gasteiger partial charge on any atom is -0.493 e. The normalized spacial score (nSPS) is 17.1. The van der Waals surface area contributed by atoms with Gasteiger partial charge in [0.05, 0.1) is 7.11 Å². The number of aliphatic hydroxyl groups is 1. The minimum atomic E-state index is -6.31. The molecule has 2 N–H and O–H groups in total. The van der Waals surface area contributed by atoms with E-state index < -0.39 is 47.1 Å². The van der Waals surface area contributed by atoms with Crippen molar-refractivity contribution in [2.45, 2.75) is 56.2 Å². The van der Waals surface area contributed by atoms with Gasteiger partial charge in [-0.3, -0.25) is 0 Å². The number of ether oxygens (including phenoxy) is 1. The highest BCUT2D eigenvalue weighted by molar-refractivity contribution is 5.79. The number of aliphatic carboxylic acids is 1. The molecule has 0 spiro atoms. The van der Waals surface area contributed by atoms with Gasteiger partial charge >= 0.3 is 18.1 Å². The van der Waals surface area contributed by atoms with Crippen LogP contribution in [0, 0.1) is 5.82 Å². The third-order valence-electron chi connectivity index (χ3n) is 4.50. The Morgan fingerprint density at radius 2 is 1.74 bits per heavy atom. The molecule has 2 atom stereocenters. The summed E-state index contributed by atoms with van der Waals surface area (Å²) in [5.74, 6) is -10.0. The van der Waals surface area contributed by atoms with Crippen molar-refractivity contribution in [1.82, 2.24) is 0 Å². The number of benzene rings is 1. The van der Waals surface area contributed by atoms with Gasteiger partial charge in [0.2, 0.25) is 5.60 Å². The molecule has 2 unspecified atom stereocenters. The minimum absolute atomic E-state index is 0.115. The first-order chi connectivity index (χ1) is 12.2. The highest BCUT2D eigenvalue weighted by Crippen LogP contribution is 2.51. The fourth-order valence-corrected chi connectivity index (χ4v) is 3.18. The summed E-state index contributed by atoms with van der Waals surface area (Å²) in [7, 11) is 1.07. The van der Waals surface area contributed by atoms with Gasteiger partial charge in [-0.05, 0) is 17.9 Å². The van der Waals surface area contributed by atoms with Crippen LogP contribution in [-0.4, -0.2) is 41.0 Å². The summed E-state index contributed by atoms with van der Waals surface area (Å²) in [5.41, 5.74) is -6.35. The van der Waals surface area contributed by atoms with E-state index in [2.05, 4.69) is 0 Å².